The van der Waals surface area contributed by atoms with Crippen molar-refractivity contribution in [2.24, 2.45) is 11.1 Å². The molecule has 0 saturated heterocycles. The van der Waals surface area contributed by atoms with E-state index in [1.54, 1.807) is 0 Å². The summed E-state index contributed by atoms with van der Waals surface area (Å²) in [4.78, 5) is 4.23. The van der Waals surface area contributed by atoms with Crippen LogP contribution in [0.4, 0.5) is 0 Å². The first-order chi connectivity index (χ1) is 7.98. The van der Waals surface area contributed by atoms with Crippen LogP contribution >= 0.6 is 0 Å². The van der Waals surface area contributed by atoms with E-state index < -0.39 is 0 Å². The molecule has 2 rings (SSSR count). The van der Waals surface area contributed by atoms with Gasteiger partial charge in [0.1, 0.15) is 0 Å². The highest BCUT2D eigenvalue weighted by molar-refractivity contribution is 5.11. The fourth-order valence-electron chi connectivity index (χ4n) is 2.75. The smallest absolute Gasteiger partial charge is 0.0951 e. The molecule has 0 radical (unpaired) electrons. The molecule has 1 aliphatic carbocycles. The second kappa shape index (κ2) is 4.42. The van der Waals surface area contributed by atoms with Crippen molar-refractivity contribution in [3.05, 3.63) is 18.2 Å². The maximum Gasteiger partial charge on any atom is 0.0951 e. The van der Waals surface area contributed by atoms with Gasteiger partial charge in [-0.1, -0.05) is 13.8 Å². The molecule has 1 aromatic rings. The minimum Gasteiger partial charge on any atom is -0.378 e. The Kier molecular flexibility index (Phi) is 3.27. The van der Waals surface area contributed by atoms with Crippen LogP contribution in [0.5, 0.6) is 0 Å². The number of nitrogens with two attached hydrogens (primary N) is 1. The summed E-state index contributed by atoms with van der Waals surface area (Å²) in [7, 11) is 0. The predicted molar refractivity (Wildman–Crippen MR) is 67.7 cm³/mol. The van der Waals surface area contributed by atoms with Crippen LogP contribution in [0.3, 0.4) is 0 Å². The molecule has 0 spiro atoms. The third-order valence-corrected chi connectivity index (χ3v) is 3.99. The zero-order valence-corrected chi connectivity index (χ0v) is 11.2. The summed E-state index contributed by atoms with van der Waals surface area (Å²) < 4.78 is 7.98. The van der Waals surface area contributed by atoms with Crippen molar-refractivity contribution in [3.63, 3.8) is 0 Å². The number of hydrogen-bond donors (Lipinski definition) is 1. The zero-order chi connectivity index (χ0) is 12.6. The standard InChI is InChI=1S/C13H23N3O/c1-5-17-12-6-11(13(12,3)4)16-8-15-7-10(16)9(2)14/h7-9,11-12H,5-6,14H2,1-4H3. The number of aromatic nitrogens is 2. The van der Waals surface area contributed by atoms with Crippen LogP contribution in [0.1, 0.15) is 51.9 Å². The monoisotopic (exact) mass is 237 g/mol. The number of hydrogen-bond acceptors (Lipinski definition) is 3. The minimum atomic E-state index is 0.0273. The molecule has 0 aromatic carbocycles. The largest absolute Gasteiger partial charge is 0.378 e. The van der Waals surface area contributed by atoms with Gasteiger partial charge in [-0.25, -0.2) is 4.98 Å². The third-order valence-electron chi connectivity index (χ3n) is 3.99. The molecule has 1 aliphatic rings. The normalized spacial score (nSPS) is 28.8. The Bertz CT molecular complexity index is 384. The summed E-state index contributed by atoms with van der Waals surface area (Å²) in [6.45, 7) is 9.34. The molecule has 4 heteroatoms. The van der Waals surface area contributed by atoms with E-state index in [1.165, 1.54) is 0 Å². The van der Waals surface area contributed by atoms with Crippen LogP contribution in [-0.2, 0) is 4.74 Å². The van der Waals surface area contributed by atoms with E-state index in [1.807, 2.05) is 26.4 Å². The van der Waals surface area contributed by atoms with Crippen molar-refractivity contribution < 1.29 is 4.74 Å². The van der Waals surface area contributed by atoms with Crippen LogP contribution in [0.15, 0.2) is 12.5 Å². The predicted octanol–water partition coefficient (Wildman–Crippen LogP) is 2.28. The maximum atomic E-state index is 5.97. The van der Waals surface area contributed by atoms with Gasteiger partial charge in [0.15, 0.2) is 0 Å². The average molecular weight is 237 g/mol. The highest BCUT2D eigenvalue weighted by Crippen LogP contribution is 2.51. The molecular weight excluding hydrogens is 214 g/mol. The molecule has 4 nitrogen and oxygen atoms in total. The summed E-state index contributed by atoms with van der Waals surface area (Å²) >= 11 is 0. The molecule has 0 bridgehead atoms. The first kappa shape index (κ1) is 12.6. The summed E-state index contributed by atoms with van der Waals surface area (Å²) in [5.74, 6) is 0. The van der Waals surface area contributed by atoms with Crippen LogP contribution < -0.4 is 5.73 Å². The van der Waals surface area contributed by atoms with Crippen molar-refractivity contribution in [1.29, 1.82) is 0 Å². The van der Waals surface area contributed by atoms with Crippen molar-refractivity contribution >= 4 is 0 Å². The number of imidazole rings is 1. The van der Waals surface area contributed by atoms with Crippen molar-refractivity contribution in [2.45, 2.75) is 52.3 Å². The Labute approximate surface area is 103 Å². The van der Waals surface area contributed by atoms with Gasteiger partial charge >= 0.3 is 0 Å². The Morgan fingerprint density at radius 3 is 2.88 bits per heavy atom. The lowest BCUT2D eigenvalue weighted by atomic mass is 9.64. The Morgan fingerprint density at radius 2 is 2.35 bits per heavy atom. The molecule has 0 amide bonds. The molecule has 1 saturated carbocycles. The summed E-state index contributed by atoms with van der Waals surface area (Å²) in [5, 5.41) is 0. The lowest BCUT2D eigenvalue weighted by Gasteiger charge is -2.52. The van der Waals surface area contributed by atoms with Crippen LogP contribution in [-0.4, -0.2) is 22.3 Å². The lowest BCUT2D eigenvalue weighted by molar-refractivity contribution is -0.128. The van der Waals surface area contributed by atoms with Crippen molar-refractivity contribution in [3.8, 4) is 0 Å². The second-order valence-corrected chi connectivity index (χ2v) is 5.53. The van der Waals surface area contributed by atoms with Gasteiger partial charge < -0.3 is 15.0 Å². The van der Waals surface area contributed by atoms with E-state index in [-0.39, 0.29) is 11.5 Å². The number of rotatable bonds is 4. The third kappa shape index (κ3) is 2.00. The zero-order valence-electron chi connectivity index (χ0n) is 11.2. The summed E-state index contributed by atoms with van der Waals surface area (Å²) in [6.07, 6.45) is 5.17. The highest BCUT2D eigenvalue weighted by atomic mass is 16.5. The quantitative estimate of drug-likeness (QED) is 0.874. The van der Waals surface area contributed by atoms with Crippen molar-refractivity contribution in [1.82, 2.24) is 9.55 Å². The average Bonchev–Trinajstić information content (AvgIpc) is 2.72. The minimum absolute atomic E-state index is 0.0273. The SMILES string of the molecule is CCOC1CC(n2cncc2C(C)N)C1(C)C. The van der Waals surface area contributed by atoms with Crippen molar-refractivity contribution in [2.75, 3.05) is 6.61 Å². The molecule has 96 valence electrons. The Hall–Kier alpha value is -0.870. The first-order valence-corrected chi connectivity index (χ1v) is 6.37. The Morgan fingerprint density at radius 1 is 1.65 bits per heavy atom. The van der Waals surface area contributed by atoms with E-state index in [4.69, 9.17) is 10.5 Å². The van der Waals surface area contributed by atoms with Gasteiger partial charge in [-0.3, -0.25) is 0 Å². The van der Waals surface area contributed by atoms with Gasteiger partial charge in [0.25, 0.3) is 0 Å². The molecule has 3 unspecified atom stereocenters. The summed E-state index contributed by atoms with van der Waals surface area (Å²) in [6, 6.07) is 0.474. The topological polar surface area (TPSA) is 53.1 Å². The van der Waals surface area contributed by atoms with Gasteiger partial charge in [-0.2, -0.15) is 0 Å². The molecule has 2 N–H and O–H groups in total. The van der Waals surface area contributed by atoms with Gasteiger partial charge in [-0.05, 0) is 20.3 Å². The van der Waals surface area contributed by atoms with E-state index in [0.29, 0.717) is 12.1 Å². The van der Waals surface area contributed by atoms with Crippen LogP contribution in [0.2, 0.25) is 0 Å². The molecule has 1 heterocycles. The van der Waals surface area contributed by atoms with Gasteiger partial charge in [-0.15, -0.1) is 0 Å². The van der Waals surface area contributed by atoms with Gasteiger partial charge in [0, 0.05) is 30.3 Å². The Balaban J connectivity index is 2.17. The fourth-order valence-corrected chi connectivity index (χ4v) is 2.75. The van der Waals surface area contributed by atoms with E-state index in [9.17, 15) is 0 Å². The molecule has 0 aliphatic heterocycles. The number of ether oxygens (including phenoxy) is 1. The molecule has 1 aromatic heterocycles. The molecule has 3 atom stereocenters. The first-order valence-electron chi connectivity index (χ1n) is 6.37. The number of nitrogens with zero attached hydrogens (tertiary/aromatic N) is 2. The summed E-state index contributed by atoms with van der Waals surface area (Å²) in [5.41, 5.74) is 7.23. The lowest BCUT2D eigenvalue weighted by Crippen LogP contribution is -2.51. The van der Waals surface area contributed by atoms with E-state index in [2.05, 4.69) is 23.4 Å². The van der Waals surface area contributed by atoms with Gasteiger partial charge in [0.05, 0.1) is 18.1 Å². The fraction of sp³-hybridized carbons (Fsp3) is 0.769. The van der Waals surface area contributed by atoms with E-state index >= 15 is 0 Å². The second-order valence-electron chi connectivity index (χ2n) is 5.53. The van der Waals surface area contributed by atoms with Gasteiger partial charge in [0.2, 0.25) is 0 Å². The van der Waals surface area contributed by atoms with E-state index in [0.717, 1.165) is 18.7 Å². The molecule has 1 fully saturated rings. The van der Waals surface area contributed by atoms with Crippen LogP contribution in [0, 0.1) is 5.41 Å². The van der Waals surface area contributed by atoms with Crippen LogP contribution in [0.25, 0.3) is 0 Å². The molecular formula is C13H23N3O. The molecule has 17 heavy (non-hydrogen) atoms. The highest BCUT2D eigenvalue weighted by Gasteiger charge is 2.50. The maximum absolute atomic E-state index is 5.97.